The van der Waals surface area contributed by atoms with Crippen LogP contribution in [0.25, 0.3) is 0 Å². The lowest BCUT2D eigenvalue weighted by Crippen LogP contribution is -2.23. The van der Waals surface area contributed by atoms with Crippen LogP contribution in [0.4, 0.5) is 0 Å². The average Bonchev–Trinajstić information content (AvgIpc) is 2.17. The van der Waals surface area contributed by atoms with E-state index in [0.29, 0.717) is 5.69 Å². The molecule has 1 rings (SSSR count). The van der Waals surface area contributed by atoms with Crippen LogP contribution in [0.3, 0.4) is 0 Å². The molecular formula is C8H11ClN2O2. The summed E-state index contributed by atoms with van der Waals surface area (Å²) in [5.41, 5.74) is 6.03. The lowest BCUT2D eigenvalue weighted by atomic mass is 10.2. The predicted octanol–water partition coefficient (Wildman–Crippen LogP) is 0.676. The van der Waals surface area contributed by atoms with Gasteiger partial charge in [0.05, 0.1) is 12.8 Å². The van der Waals surface area contributed by atoms with Crippen LogP contribution in [0.15, 0.2) is 24.4 Å². The highest BCUT2D eigenvalue weighted by molar-refractivity contribution is 5.85. The smallest absolute Gasteiger partial charge is 0.328 e. The highest BCUT2D eigenvalue weighted by Gasteiger charge is 2.16. The first kappa shape index (κ1) is 11.9. The predicted molar refractivity (Wildman–Crippen MR) is 50.4 cm³/mol. The first-order chi connectivity index (χ1) is 5.75. The number of carbonyl (C=O) groups excluding carboxylic acids is 1. The molecule has 1 aromatic rings. The molecule has 72 valence electrons. The van der Waals surface area contributed by atoms with E-state index < -0.39 is 12.0 Å². The van der Waals surface area contributed by atoms with Crippen molar-refractivity contribution in [3.63, 3.8) is 0 Å². The third-order valence-electron chi connectivity index (χ3n) is 1.46. The molecular weight excluding hydrogens is 192 g/mol. The molecule has 0 aliphatic carbocycles. The van der Waals surface area contributed by atoms with Crippen LogP contribution >= 0.6 is 12.4 Å². The standard InChI is InChI=1S/C8H10N2O2.ClH/c1-12-8(11)7(9)6-4-2-3-5-10-6;/h2-5,7H,9H2,1H3;1H/t7-;/m1./s1. The number of hydrogen-bond donors (Lipinski definition) is 1. The van der Waals surface area contributed by atoms with Gasteiger partial charge in [-0.2, -0.15) is 0 Å². The Morgan fingerprint density at radius 1 is 1.62 bits per heavy atom. The Labute approximate surface area is 82.5 Å². The van der Waals surface area contributed by atoms with Crippen LogP contribution < -0.4 is 5.73 Å². The molecule has 1 heterocycles. The maximum absolute atomic E-state index is 10.9. The summed E-state index contributed by atoms with van der Waals surface area (Å²) in [5.74, 6) is -0.478. The second kappa shape index (κ2) is 5.50. The topological polar surface area (TPSA) is 65.2 Å². The number of ether oxygens (including phenoxy) is 1. The monoisotopic (exact) mass is 202 g/mol. The SMILES string of the molecule is COC(=O)[C@H](N)c1ccccn1.Cl. The van der Waals surface area contributed by atoms with E-state index in [4.69, 9.17) is 5.73 Å². The maximum atomic E-state index is 10.9. The molecule has 0 unspecified atom stereocenters. The van der Waals surface area contributed by atoms with E-state index in [1.807, 2.05) is 0 Å². The van der Waals surface area contributed by atoms with Crippen molar-refractivity contribution >= 4 is 18.4 Å². The molecule has 0 amide bonds. The van der Waals surface area contributed by atoms with E-state index in [1.54, 1.807) is 24.4 Å². The van der Waals surface area contributed by atoms with Crippen LogP contribution in [0.2, 0.25) is 0 Å². The van der Waals surface area contributed by atoms with Crippen LogP contribution in [-0.4, -0.2) is 18.1 Å². The first-order valence-corrected chi connectivity index (χ1v) is 3.50. The van der Waals surface area contributed by atoms with E-state index >= 15 is 0 Å². The van der Waals surface area contributed by atoms with Gasteiger partial charge >= 0.3 is 5.97 Å². The molecule has 0 aromatic carbocycles. The van der Waals surface area contributed by atoms with Crippen LogP contribution in [-0.2, 0) is 9.53 Å². The minimum absolute atomic E-state index is 0. The fourth-order valence-electron chi connectivity index (χ4n) is 0.808. The van der Waals surface area contributed by atoms with E-state index in [9.17, 15) is 4.79 Å². The largest absolute Gasteiger partial charge is 0.468 e. The van der Waals surface area contributed by atoms with Gasteiger partial charge in [-0.3, -0.25) is 4.98 Å². The molecule has 0 saturated carbocycles. The summed E-state index contributed by atoms with van der Waals surface area (Å²) < 4.78 is 4.46. The Bertz CT molecular complexity index is 266. The van der Waals surface area contributed by atoms with Gasteiger partial charge in [-0.25, -0.2) is 4.79 Å². The normalized spacial score (nSPS) is 11.2. The average molecular weight is 203 g/mol. The quantitative estimate of drug-likeness (QED) is 0.717. The highest BCUT2D eigenvalue weighted by atomic mass is 35.5. The highest BCUT2D eigenvalue weighted by Crippen LogP contribution is 2.06. The number of halogens is 1. The fourth-order valence-corrected chi connectivity index (χ4v) is 0.808. The Hall–Kier alpha value is -1.13. The van der Waals surface area contributed by atoms with Crippen molar-refractivity contribution in [1.82, 2.24) is 4.98 Å². The zero-order valence-corrected chi connectivity index (χ0v) is 7.95. The molecule has 2 N–H and O–H groups in total. The Morgan fingerprint density at radius 2 is 2.31 bits per heavy atom. The number of methoxy groups -OCH3 is 1. The van der Waals surface area contributed by atoms with Crippen molar-refractivity contribution in [1.29, 1.82) is 0 Å². The summed E-state index contributed by atoms with van der Waals surface area (Å²) in [6.45, 7) is 0. The number of hydrogen-bond acceptors (Lipinski definition) is 4. The van der Waals surface area contributed by atoms with E-state index in [1.165, 1.54) is 7.11 Å². The van der Waals surface area contributed by atoms with Crippen molar-refractivity contribution in [2.45, 2.75) is 6.04 Å². The van der Waals surface area contributed by atoms with E-state index in [2.05, 4.69) is 9.72 Å². The van der Waals surface area contributed by atoms with Crippen LogP contribution in [0.1, 0.15) is 11.7 Å². The molecule has 0 radical (unpaired) electrons. The van der Waals surface area contributed by atoms with Gasteiger partial charge in [0.25, 0.3) is 0 Å². The molecule has 0 aliphatic heterocycles. The molecule has 0 fully saturated rings. The Morgan fingerprint density at radius 3 is 2.77 bits per heavy atom. The molecule has 0 saturated heterocycles. The van der Waals surface area contributed by atoms with E-state index in [-0.39, 0.29) is 12.4 Å². The minimum atomic E-state index is -0.781. The van der Waals surface area contributed by atoms with Gasteiger partial charge in [-0.15, -0.1) is 12.4 Å². The summed E-state index contributed by atoms with van der Waals surface area (Å²) in [6.07, 6.45) is 1.58. The van der Waals surface area contributed by atoms with Gasteiger partial charge in [-0.1, -0.05) is 6.07 Å². The lowest BCUT2D eigenvalue weighted by Gasteiger charge is -2.06. The van der Waals surface area contributed by atoms with Crippen LogP contribution in [0.5, 0.6) is 0 Å². The number of nitrogens with two attached hydrogens (primary N) is 1. The van der Waals surface area contributed by atoms with Gasteiger partial charge in [0.15, 0.2) is 0 Å². The summed E-state index contributed by atoms with van der Waals surface area (Å²) >= 11 is 0. The van der Waals surface area contributed by atoms with Crippen LogP contribution in [0, 0.1) is 0 Å². The summed E-state index contributed by atoms with van der Waals surface area (Å²) in [5, 5.41) is 0. The second-order valence-electron chi connectivity index (χ2n) is 2.26. The Balaban J connectivity index is 0.00000144. The van der Waals surface area contributed by atoms with Gasteiger partial charge < -0.3 is 10.5 Å². The van der Waals surface area contributed by atoms with Gasteiger partial charge in [0.1, 0.15) is 6.04 Å². The first-order valence-electron chi connectivity index (χ1n) is 3.50. The molecule has 1 atom stereocenters. The number of carbonyl (C=O) groups is 1. The molecule has 0 bridgehead atoms. The molecule has 1 aromatic heterocycles. The van der Waals surface area contributed by atoms with Gasteiger partial charge in [0.2, 0.25) is 0 Å². The van der Waals surface area contributed by atoms with Crippen molar-refractivity contribution in [2.24, 2.45) is 5.73 Å². The Kier molecular flexibility index (Phi) is 5.03. The minimum Gasteiger partial charge on any atom is -0.468 e. The number of nitrogens with zero attached hydrogens (tertiary/aromatic N) is 1. The molecule has 0 spiro atoms. The molecule has 0 aliphatic rings. The third-order valence-corrected chi connectivity index (χ3v) is 1.46. The summed E-state index contributed by atoms with van der Waals surface area (Å²) in [4.78, 5) is 14.8. The zero-order valence-electron chi connectivity index (χ0n) is 7.14. The summed E-state index contributed by atoms with van der Waals surface area (Å²) in [7, 11) is 1.30. The molecule has 5 heteroatoms. The lowest BCUT2D eigenvalue weighted by molar-refractivity contribution is -0.142. The van der Waals surface area contributed by atoms with Gasteiger partial charge in [0, 0.05) is 6.20 Å². The van der Waals surface area contributed by atoms with Crippen molar-refractivity contribution < 1.29 is 9.53 Å². The molecule has 13 heavy (non-hydrogen) atoms. The molecule has 4 nitrogen and oxygen atoms in total. The zero-order chi connectivity index (χ0) is 8.97. The maximum Gasteiger partial charge on any atom is 0.328 e. The van der Waals surface area contributed by atoms with Crippen molar-refractivity contribution in [2.75, 3.05) is 7.11 Å². The number of rotatable bonds is 2. The van der Waals surface area contributed by atoms with Crippen molar-refractivity contribution in [3.05, 3.63) is 30.1 Å². The van der Waals surface area contributed by atoms with E-state index in [0.717, 1.165) is 0 Å². The fraction of sp³-hybridized carbons (Fsp3) is 0.250. The number of esters is 1. The second-order valence-corrected chi connectivity index (χ2v) is 2.26. The third kappa shape index (κ3) is 3.01. The summed E-state index contributed by atoms with van der Waals surface area (Å²) in [6, 6.07) is 4.43. The number of aromatic nitrogens is 1. The number of pyridine rings is 1. The van der Waals surface area contributed by atoms with Gasteiger partial charge in [-0.05, 0) is 12.1 Å². The van der Waals surface area contributed by atoms with Crippen molar-refractivity contribution in [3.8, 4) is 0 Å².